The fourth-order valence-electron chi connectivity index (χ4n) is 3.30. The second kappa shape index (κ2) is 10.1. The summed E-state index contributed by atoms with van der Waals surface area (Å²) in [5.41, 5.74) is 4.34. The fraction of sp³-hybridized carbons (Fsp3) is 0.208. The SMILES string of the molecule is Clc1ccc(COc2ccc(Br)cc2CNCCCc2nc3ccccc3[nH]2)cc1. The summed E-state index contributed by atoms with van der Waals surface area (Å²) in [5.74, 6) is 1.92. The average Bonchev–Trinajstić information content (AvgIpc) is 3.17. The van der Waals surface area contributed by atoms with E-state index in [4.69, 9.17) is 16.3 Å². The Labute approximate surface area is 189 Å². The van der Waals surface area contributed by atoms with Crippen LogP contribution in [0.25, 0.3) is 11.0 Å². The number of fused-ring (bicyclic) bond motifs is 1. The highest BCUT2D eigenvalue weighted by Crippen LogP contribution is 2.24. The second-order valence-electron chi connectivity index (χ2n) is 7.15. The number of aromatic amines is 1. The van der Waals surface area contributed by atoms with E-state index >= 15 is 0 Å². The first-order chi connectivity index (χ1) is 14.7. The van der Waals surface area contributed by atoms with Crippen molar-refractivity contribution in [2.75, 3.05) is 6.54 Å². The van der Waals surface area contributed by atoms with Gasteiger partial charge >= 0.3 is 0 Å². The molecule has 0 atom stereocenters. The zero-order valence-corrected chi connectivity index (χ0v) is 18.8. The van der Waals surface area contributed by atoms with Crippen LogP contribution in [0.15, 0.2) is 71.2 Å². The van der Waals surface area contributed by atoms with Gasteiger partial charge in [0.2, 0.25) is 0 Å². The number of para-hydroxylation sites is 2. The molecule has 0 bridgehead atoms. The average molecular weight is 485 g/mol. The Morgan fingerprint density at radius 2 is 1.87 bits per heavy atom. The number of imidazole rings is 1. The Morgan fingerprint density at radius 3 is 2.70 bits per heavy atom. The minimum absolute atomic E-state index is 0.512. The number of nitrogens with one attached hydrogen (secondary N) is 2. The molecule has 0 unspecified atom stereocenters. The van der Waals surface area contributed by atoms with E-state index < -0.39 is 0 Å². The maximum atomic E-state index is 6.06. The van der Waals surface area contributed by atoms with Crippen molar-refractivity contribution in [2.45, 2.75) is 26.0 Å². The predicted octanol–water partition coefficient (Wildman–Crippen LogP) is 6.28. The van der Waals surface area contributed by atoms with Crippen LogP contribution in [0.5, 0.6) is 5.75 Å². The van der Waals surface area contributed by atoms with E-state index in [2.05, 4.69) is 43.3 Å². The van der Waals surface area contributed by atoms with Crippen molar-refractivity contribution in [3.05, 3.63) is 93.2 Å². The van der Waals surface area contributed by atoms with Gasteiger partial charge < -0.3 is 15.0 Å². The maximum absolute atomic E-state index is 6.06. The van der Waals surface area contributed by atoms with Crippen LogP contribution in [-0.2, 0) is 19.6 Å². The molecule has 0 radical (unpaired) electrons. The first kappa shape index (κ1) is 20.9. The third kappa shape index (κ3) is 5.63. The number of hydrogen-bond donors (Lipinski definition) is 2. The third-order valence-electron chi connectivity index (χ3n) is 4.85. The quantitative estimate of drug-likeness (QED) is 0.275. The highest BCUT2D eigenvalue weighted by molar-refractivity contribution is 9.10. The summed E-state index contributed by atoms with van der Waals surface area (Å²) in [5, 5.41) is 4.25. The molecule has 0 aliphatic heterocycles. The molecule has 0 fully saturated rings. The number of nitrogens with zero attached hydrogens (tertiary/aromatic N) is 1. The van der Waals surface area contributed by atoms with Gasteiger partial charge in [-0.3, -0.25) is 0 Å². The van der Waals surface area contributed by atoms with Crippen LogP contribution in [-0.4, -0.2) is 16.5 Å². The van der Waals surface area contributed by atoms with Gasteiger partial charge in [0.15, 0.2) is 0 Å². The van der Waals surface area contributed by atoms with Crippen molar-refractivity contribution >= 4 is 38.6 Å². The molecule has 1 heterocycles. The molecule has 0 aliphatic carbocycles. The van der Waals surface area contributed by atoms with Crippen LogP contribution in [0.3, 0.4) is 0 Å². The molecule has 4 nitrogen and oxygen atoms in total. The van der Waals surface area contributed by atoms with Crippen LogP contribution >= 0.6 is 27.5 Å². The minimum Gasteiger partial charge on any atom is -0.489 e. The lowest BCUT2D eigenvalue weighted by Crippen LogP contribution is -2.16. The molecule has 154 valence electrons. The van der Waals surface area contributed by atoms with Gasteiger partial charge in [-0.25, -0.2) is 4.98 Å². The maximum Gasteiger partial charge on any atom is 0.124 e. The van der Waals surface area contributed by atoms with Crippen molar-refractivity contribution in [3.8, 4) is 5.75 Å². The van der Waals surface area contributed by atoms with Gasteiger partial charge in [0, 0.05) is 28.0 Å². The van der Waals surface area contributed by atoms with Crippen LogP contribution in [0, 0.1) is 0 Å². The van der Waals surface area contributed by atoms with Crippen LogP contribution in [0.2, 0.25) is 5.02 Å². The number of rotatable bonds is 9. The van der Waals surface area contributed by atoms with Gasteiger partial charge in [0.1, 0.15) is 18.2 Å². The van der Waals surface area contributed by atoms with Gasteiger partial charge in [-0.1, -0.05) is 51.8 Å². The standard InChI is InChI=1S/C24H23BrClN3O/c25-19-9-12-23(30-16-17-7-10-20(26)11-8-17)18(14-19)15-27-13-3-6-24-28-21-4-1-2-5-22(21)29-24/h1-2,4-5,7-12,14,27H,3,6,13,15-16H2,(H,28,29). The summed E-state index contributed by atoms with van der Waals surface area (Å²) in [4.78, 5) is 8.02. The molecule has 0 amide bonds. The number of aromatic nitrogens is 2. The van der Waals surface area contributed by atoms with Crippen LogP contribution in [0.1, 0.15) is 23.4 Å². The summed E-state index contributed by atoms with van der Waals surface area (Å²) < 4.78 is 7.10. The van der Waals surface area contributed by atoms with Crippen LogP contribution in [0.4, 0.5) is 0 Å². The smallest absolute Gasteiger partial charge is 0.124 e. The van der Waals surface area contributed by atoms with E-state index in [1.54, 1.807) is 0 Å². The van der Waals surface area contributed by atoms with E-state index in [1.165, 1.54) is 0 Å². The molecular weight excluding hydrogens is 462 g/mol. The Balaban J connectivity index is 1.28. The van der Waals surface area contributed by atoms with Crippen LogP contribution < -0.4 is 10.1 Å². The number of aryl methyl sites for hydroxylation is 1. The zero-order chi connectivity index (χ0) is 20.8. The summed E-state index contributed by atoms with van der Waals surface area (Å²) >= 11 is 9.51. The number of ether oxygens (including phenoxy) is 1. The lowest BCUT2D eigenvalue weighted by Gasteiger charge is -2.13. The fourth-order valence-corrected chi connectivity index (χ4v) is 3.83. The molecule has 3 aromatic carbocycles. The topological polar surface area (TPSA) is 49.9 Å². The second-order valence-corrected chi connectivity index (χ2v) is 8.50. The molecule has 2 N–H and O–H groups in total. The Kier molecular flexibility index (Phi) is 7.05. The number of benzene rings is 3. The first-order valence-electron chi connectivity index (χ1n) is 9.97. The van der Waals surface area contributed by atoms with Gasteiger partial charge in [-0.05, 0) is 61.0 Å². The van der Waals surface area contributed by atoms with E-state index in [0.29, 0.717) is 6.61 Å². The summed E-state index contributed by atoms with van der Waals surface area (Å²) in [6, 6.07) is 22.0. The minimum atomic E-state index is 0.512. The van der Waals surface area contributed by atoms with E-state index in [-0.39, 0.29) is 0 Å². The van der Waals surface area contributed by atoms with Crippen molar-refractivity contribution < 1.29 is 4.74 Å². The number of hydrogen-bond acceptors (Lipinski definition) is 3. The molecule has 0 saturated carbocycles. The molecule has 1 aromatic heterocycles. The van der Waals surface area contributed by atoms with Crippen molar-refractivity contribution in [1.29, 1.82) is 0 Å². The monoisotopic (exact) mass is 483 g/mol. The lowest BCUT2D eigenvalue weighted by atomic mass is 10.2. The number of halogens is 2. The highest BCUT2D eigenvalue weighted by Gasteiger charge is 2.06. The Bertz CT molecular complexity index is 1080. The van der Waals surface area contributed by atoms with Gasteiger partial charge in [-0.15, -0.1) is 0 Å². The van der Waals surface area contributed by atoms with Gasteiger partial charge in [0.25, 0.3) is 0 Å². The molecular formula is C24H23BrClN3O. The first-order valence-corrected chi connectivity index (χ1v) is 11.1. The van der Waals surface area contributed by atoms with Crippen molar-refractivity contribution in [1.82, 2.24) is 15.3 Å². The lowest BCUT2D eigenvalue weighted by molar-refractivity contribution is 0.302. The molecule has 6 heteroatoms. The molecule has 4 aromatic rings. The van der Waals surface area contributed by atoms with Crippen molar-refractivity contribution in [3.63, 3.8) is 0 Å². The van der Waals surface area contributed by atoms with E-state index in [0.717, 1.165) is 69.2 Å². The molecule has 0 saturated heterocycles. The normalized spacial score (nSPS) is 11.1. The summed E-state index contributed by atoms with van der Waals surface area (Å²) in [7, 11) is 0. The highest BCUT2D eigenvalue weighted by atomic mass is 79.9. The third-order valence-corrected chi connectivity index (χ3v) is 5.60. The van der Waals surface area contributed by atoms with Gasteiger partial charge in [0.05, 0.1) is 11.0 Å². The predicted molar refractivity (Wildman–Crippen MR) is 126 cm³/mol. The molecule has 30 heavy (non-hydrogen) atoms. The summed E-state index contributed by atoms with van der Waals surface area (Å²) in [6.45, 7) is 2.16. The summed E-state index contributed by atoms with van der Waals surface area (Å²) in [6.07, 6.45) is 1.93. The van der Waals surface area contributed by atoms with Gasteiger partial charge in [-0.2, -0.15) is 0 Å². The Hall–Kier alpha value is -2.34. The molecule has 4 rings (SSSR count). The van der Waals surface area contributed by atoms with E-state index in [1.807, 2.05) is 54.6 Å². The van der Waals surface area contributed by atoms with E-state index in [9.17, 15) is 0 Å². The van der Waals surface area contributed by atoms with Crippen molar-refractivity contribution in [2.24, 2.45) is 0 Å². The molecule has 0 aliphatic rings. The largest absolute Gasteiger partial charge is 0.489 e. The Morgan fingerprint density at radius 1 is 1.03 bits per heavy atom. The number of H-pyrrole nitrogens is 1. The zero-order valence-electron chi connectivity index (χ0n) is 16.5. The molecule has 0 spiro atoms.